The third-order valence-electron chi connectivity index (χ3n) is 6.94. The van der Waals surface area contributed by atoms with Gasteiger partial charge in [0.15, 0.2) is 6.61 Å². The molecule has 3 aromatic carbocycles. The van der Waals surface area contributed by atoms with Gasteiger partial charge in [0.25, 0.3) is 5.91 Å². The predicted octanol–water partition coefficient (Wildman–Crippen LogP) is 6.14. The number of rotatable bonds is 10. The van der Waals surface area contributed by atoms with Gasteiger partial charge in [-0.15, -0.1) is 0 Å². The lowest BCUT2D eigenvalue weighted by Crippen LogP contribution is -2.53. The summed E-state index contributed by atoms with van der Waals surface area (Å²) in [6, 6.07) is 23.2. The second-order valence-electron chi connectivity index (χ2n) is 9.90. The summed E-state index contributed by atoms with van der Waals surface area (Å²) < 4.78 is 6.90. The first-order valence-electron chi connectivity index (χ1n) is 13.0. The first-order chi connectivity index (χ1) is 17.9. The molecular weight excluding hydrogens is 528 g/mol. The zero-order valence-corrected chi connectivity index (χ0v) is 23.2. The molecule has 1 fully saturated rings. The molecule has 0 radical (unpaired) electrons. The number of benzene rings is 3. The van der Waals surface area contributed by atoms with Crippen molar-refractivity contribution in [3.05, 3.63) is 99.5 Å². The Hall–Kier alpha value is -3.12. The van der Waals surface area contributed by atoms with Crippen molar-refractivity contribution in [2.75, 3.05) is 6.61 Å². The average Bonchev–Trinajstić information content (AvgIpc) is 3.41. The Labute approximate surface area is 228 Å². The number of carbonyl (C=O) groups is 2. The molecule has 2 amide bonds. The van der Waals surface area contributed by atoms with Gasteiger partial charge in [-0.1, -0.05) is 88.9 Å². The van der Waals surface area contributed by atoms with Gasteiger partial charge in [-0.3, -0.25) is 9.59 Å². The Kier molecular flexibility index (Phi) is 9.40. The molecule has 0 spiro atoms. The van der Waals surface area contributed by atoms with Crippen molar-refractivity contribution < 1.29 is 14.3 Å². The van der Waals surface area contributed by atoms with Crippen LogP contribution in [0.2, 0.25) is 0 Å². The van der Waals surface area contributed by atoms with Crippen molar-refractivity contribution >= 4 is 27.7 Å². The van der Waals surface area contributed by atoms with E-state index in [1.165, 1.54) is 0 Å². The van der Waals surface area contributed by atoms with Crippen LogP contribution in [0.15, 0.2) is 77.3 Å². The van der Waals surface area contributed by atoms with E-state index in [1.54, 1.807) is 4.90 Å². The first kappa shape index (κ1) is 26.9. The van der Waals surface area contributed by atoms with E-state index in [4.69, 9.17) is 4.74 Å². The summed E-state index contributed by atoms with van der Waals surface area (Å²) in [4.78, 5) is 29.1. The van der Waals surface area contributed by atoms with Gasteiger partial charge in [0.2, 0.25) is 5.91 Å². The number of hydrogen-bond acceptors (Lipinski definition) is 3. The van der Waals surface area contributed by atoms with Gasteiger partial charge in [-0.25, -0.2) is 0 Å². The van der Waals surface area contributed by atoms with E-state index in [-0.39, 0.29) is 24.5 Å². The fraction of sp³-hybridized carbons (Fsp3) is 0.355. The van der Waals surface area contributed by atoms with E-state index in [0.717, 1.165) is 52.4 Å². The van der Waals surface area contributed by atoms with Crippen LogP contribution >= 0.6 is 15.9 Å². The molecule has 0 bridgehead atoms. The summed E-state index contributed by atoms with van der Waals surface area (Å²) in [5, 5.41) is 3.24. The summed E-state index contributed by atoms with van der Waals surface area (Å²) in [7, 11) is 0. The zero-order valence-electron chi connectivity index (χ0n) is 21.6. The maximum absolute atomic E-state index is 13.7. The fourth-order valence-corrected chi connectivity index (χ4v) is 4.99. The van der Waals surface area contributed by atoms with Gasteiger partial charge >= 0.3 is 0 Å². The van der Waals surface area contributed by atoms with E-state index in [9.17, 15) is 9.59 Å². The zero-order chi connectivity index (χ0) is 26.2. The van der Waals surface area contributed by atoms with Crippen LogP contribution in [0.25, 0.3) is 0 Å². The van der Waals surface area contributed by atoms with Crippen molar-refractivity contribution in [3.63, 3.8) is 0 Å². The van der Waals surface area contributed by atoms with Gasteiger partial charge in [0, 0.05) is 23.5 Å². The molecule has 0 aromatic heterocycles. The van der Waals surface area contributed by atoms with Gasteiger partial charge in [0.1, 0.15) is 11.8 Å². The minimum atomic E-state index is -0.646. The van der Waals surface area contributed by atoms with Gasteiger partial charge < -0.3 is 15.0 Å². The van der Waals surface area contributed by atoms with Crippen molar-refractivity contribution in [2.24, 2.45) is 0 Å². The standard InChI is InChI=1S/C31H35BrN2O3/c1-22-12-14-25(15-13-22)20-34(30(35)21-37-27-16-17-28(32)23(2)18-27)29(19-24-8-4-3-5-9-24)31(36)33-26-10-6-7-11-26/h3-5,8-9,12-18,26,29H,6-7,10-11,19-21H2,1-2H3,(H,33,36). The van der Waals surface area contributed by atoms with E-state index in [2.05, 4.69) is 21.2 Å². The predicted molar refractivity (Wildman–Crippen MR) is 150 cm³/mol. The van der Waals surface area contributed by atoms with Crippen molar-refractivity contribution in [1.82, 2.24) is 10.2 Å². The van der Waals surface area contributed by atoms with Crippen LogP contribution in [0.5, 0.6) is 5.75 Å². The second-order valence-corrected chi connectivity index (χ2v) is 10.8. The average molecular weight is 564 g/mol. The fourth-order valence-electron chi connectivity index (χ4n) is 4.75. The molecule has 5 nitrogen and oxygen atoms in total. The Morgan fingerprint density at radius 3 is 2.35 bits per heavy atom. The summed E-state index contributed by atoms with van der Waals surface area (Å²) >= 11 is 3.50. The molecule has 3 aromatic rings. The third kappa shape index (κ3) is 7.68. The first-order valence-corrected chi connectivity index (χ1v) is 13.8. The summed E-state index contributed by atoms with van der Waals surface area (Å²) in [5.74, 6) is 0.304. The van der Waals surface area contributed by atoms with Crippen LogP contribution in [0, 0.1) is 13.8 Å². The van der Waals surface area contributed by atoms with Crippen LogP contribution < -0.4 is 10.1 Å². The minimum Gasteiger partial charge on any atom is -0.484 e. The number of aryl methyl sites for hydroxylation is 2. The monoisotopic (exact) mass is 562 g/mol. The van der Waals surface area contributed by atoms with Crippen LogP contribution in [0.4, 0.5) is 0 Å². The number of nitrogens with zero attached hydrogens (tertiary/aromatic N) is 1. The van der Waals surface area contributed by atoms with Crippen LogP contribution in [-0.2, 0) is 22.6 Å². The van der Waals surface area contributed by atoms with Crippen LogP contribution in [-0.4, -0.2) is 35.4 Å². The lowest BCUT2D eigenvalue weighted by molar-refractivity contribution is -0.143. The maximum Gasteiger partial charge on any atom is 0.261 e. The highest BCUT2D eigenvalue weighted by molar-refractivity contribution is 9.10. The molecule has 0 saturated heterocycles. The molecule has 1 aliphatic carbocycles. The topological polar surface area (TPSA) is 58.6 Å². The molecule has 0 heterocycles. The van der Waals surface area contributed by atoms with E-state index < -0.39 is 6.04 Å². The normalized spacial score (nSPS) is 14.2. The molecule has 1 N–H and O–H groups in total. The molecule has 1 aliphatic rings. The van der Waals surface area contributed by atoms with E-state index in [0.29, 0.717) is 18.7 Å². The number of carbonyl (C=O) groups excluding carboxylic acids is 2. The quantitative estimate of drug-likeness (QED) is 0.322. The molecule has 37 heavy (non-hydrogen) atoms. The highest BCUT2D eigenvalue weighted by Crippen LogP contribution is 2.23. The van der Waals surface area contributed by atoms with Crippen molar-refractivity contribution in [3.8, 4) is 5.75 Å². The van der Waals surface area contributed by atoms with E-state index >= 15 is 0 Å². The largest absolute Gasteiger partial charge is 0.484 e. The number of hydrogen-bond donors (Lipinski definition) is 1. The number of nitrogens with one attached hydrogen (secondary N) is 1. The highest BCUT2D eigenvalue weighted by Gasteiger charge is 2.32. The summed E-state index contributed by atoms with van der Waals surface area (Å²) in [6.45, 7) is 4.20. The molecule has 1 unspecified atom stereocenters. The molecular formula is C31H35BrN2O3. The Morgan fingerprint density at radius 1 is 0.973 bits per heavy atom. The number of halogens is 1. The highest BCUT2D eigenvalue weighted by atomic mass is 79.9. The Morgan fingerprint density at radius 2 is 1.68 bits per heavy atom. The molecule has 1 saturated carbocycles. The van der Waals surface area contributed by atoms with Crippen LogP contribution in [0.3, 0.4) is 0 Å². The maximum atomic E-state index is 13.7. The lowest BCUT2D eigenvalue weighted by atomic mass is 10.0. The lowest BCUT2D eigenvalue weighted by Gasteiger charge is -2.32. The number of amides is 2. The molecule has 194 valence electrons. The Bertz CT molecular complexity index is 1190. The van der Waals surface area contributed by atoms with Crippen molar-refractivity contribution in [2.45, 2.75) is 64.6 Å². The molecule has 1 atom stereocenters. The summed E-state index contributed by atoms with van der Waals surface area (Å²) in [5.41, 5.74) is 4.17. The van der Waals surface area contributed by atoms with Gasteiger partial charge in [-0.05, 0) is 61.6 Å². The molecule has 6 heteroatoms. The minimum absolute atomic E-state index is 0.101. The van der Waals surface area contributed by atoms with Crippen molar-refractivity contribution in [1.29, 1.82) is 0 Å². The summed E-state index contributed by atoms with van der Waals surface area (Å²) in [6.07, 6.45) is 4.67. The Balaban J connectivity index is 1.60. The smallest absolute Gasteiger partial charge is 0.261 e. The van der Waals surface area contributed by atoms with Crippen LogP contribution in [0.1, 0.15) is 47.9 Å². The molecule has 0 aliphatic heterocycles. The van der Waals surface area contributed by atoms with Gasteiger partial charge in [-0.2, -0.15) is 0 Å². The molecule has 4 rings (SSSR count). The van der Waals surface area contributed by atoms with E-state index in [1.807, 2.05) is 86.6 Å². The third-order valence-corrected chi connectivity index (χ3v) is 7.83. The SMILES string of the molecule is Cc1ccc(CN(C(=O)COc2ccc(Br)c(C)c2)C(Cc2ccccc2)C(=O)NC2CCCC2)cc1. The second kappa shape index (κ2) is 12.9. The number of ether oxygens (including phenoxy) is 1. The van der Waals surface area contributed by atoms with Gasteiger partial charge in [0.05, 0.1) is 0 Å².